The molecule has 0 bridgehead atoms. The molecule has 0 spiro atoms. The van der Waals surface area contributed by atoms with Gasteiger partial charge in [0.1, 0.15) is 6.04 Å². The summed E-state index contributed by atoms with van der Waals surface area (Å²) in [6, 6.07) is -1.52. The van der Waals surface area contributed by atoms with Gasteiger partial charge >= 0.3 is 6.18 Å². The monoisotopic (exact) mass is 236 g/mol. The van der Waals surface area contributed by atoms with Gasteiger partial charge in [-0.3, -0.25) is 9.89 Å². The van der Waals surface area contributed by atoms with E-state index >= 15 is 0 Å². The van der Waals surface area contributed by atoms with Crippen molar-refractivity contribution in [3.05, 3.63) is 11.3 Å². The zero-order valence-corrected chi connectivity index (χ0v) is 9.03. The minimum atomic E-state index is -4.23. The third-order valence-electron chi connectivity index (χ3n) is 2.66. The zero-order chi connectivity index (χ0) is 11.1. The van der Waals surface area contributed by atoms with Gasteiger partial charge < -0.3 is 0 Å². The minimum absolute atomic E-state index is 0.218. The van der Waals surface area contributed by atoms with Crippen molar-refractivity contribution in [1.82, 2.24) is 4.90 Å². The second-order valence-electron chi connectivity index (χ2n) is 3.71. The molecule has 84 valence electrons. The highest BCUT2D eigenvalue weighted by atomic mass is 32.2. The summed E-state index contributed by atoms with van der Waals surface area (Å²) in [5.41, 5.74) is 2.58. The van der Waals surface area contributed by atoms with Crippen LogP contribution in [0.3, 0.4) is 0 Å². The predicted molar refractivity (Wildman–Crippen MR) is 55.1 cm³/mol. The van der Waals surface area contributed by atoms with Gasteiger partial charge in [-0.05, 0) is 19.0 Å². The molecule has 0 amide bonds. The molecule has 0 aromatic carbocycles. The summed E-state index contributed by atoms with van der Waals surface area (Å²) in [4.78, 5) is 5.23. The number of rotatable bonds is 0. The van der Waals surface area contributed by atoms with Gasteiger partial charge in [-0.15, -0.1) is 11.8 Å². The maximum Gasteiger partial charge on any atom is 0.409 e. The molecule has 0 aliphatic carbocycles. The van der Waals surface area contributed by atoms with Crippen LogP contribution in [0.15, 0.2) is 16.3 Å². The number of aliphatic imine (C=N–C) groups is 1. The van der Waals surface area contributed by atoms with Crippen molar-refractivity contribution in [2.45, 2.75) is 18.6 Å². The van der Waals surface area contributed by atoms with E-state index in [2.05, 4.69) is 4.99 Å². The highest BCUT2D eigenvalue weighted by Crippen LogP contribution is 2.37. The summed E-state index contributed by atoms with van der Waals surface area (Å²) in [6.45, 7) is 0.457. The first-order chi connectivity index (χ1) is 7.00. The largest absolute Gasteiger partial charge is 0.409 e. The summed E-state index contributed by atoms with van der Waals surface area (Å²) < 4.78 is 38.4. The third-order valence-corrected chi connectivity index (χ3v) is 3.43. The molecule has 6 heteroatoms. The van der Waals surface area contributed by atoms with Gasteiger partial charge in [0.2, 0.25) is 0 Å². The Balaban J connectivity index is 2.37. The number of nitrogens with zero attached hydrogens (tertiary/aromatic N) is 2. The molecule has 0 radical (unpaired) electrons. The molecule has 1 unspecified atom stereocenters. The molecule has 2 rings (SSSR count). The van der Waals surface area contributed by atoms with E-state index in [1.807, 2.05) is 0 Å². The molecule has 2 nitrogen and oxygen atoms in total. The Labute approximate surface area is 90.2 Å². The van der Waals surface area contributed by atoms with E-state index < -0.39 is 12.2 Å². The van der Waals surface area contributed by atoms with Gasteiger partial charge in [0.15, 0.2) is 0 Å². The Kier molecular flexibility index (Phi) is 2.81. The fraction of sp³-hybridized carbons (Fsp3) is 0.667. The number of hydrogen-bond donors (Lipinski definition) is 0. The molecule has 2 heterocycles. The maximum atomic E-state index is 12.8. The second kappa shape index (κ2) is 3.83. The smallest absolute Gasteiger partial charge is 0.290 e. The lowest BCUT2D eigenvalue weighted by molar-refractivity contribution is -0.171. The summed E-state index contributed by atoms with van der Waals surface area (Å²) in [6.07, 6.45) is -3.53. The van der Waals surface area contributed by atoms with Crippen molar-refractivity contribution in [2.24, 2.45) is 4.99 Å². The maximum absolute atomic E-state index is 12.8. The first-order valence-electron chi connectivity index (χ1n) is 4.63. The fourth-order valence-electron chi connectivity index (χ4n) is 1.92. The van der Waals surface area contributed by atoms with Crippen molar-refractivity contribution in [2.75, 3.05) is 19.3 Å². The molecule has 1 atom stereocenters. The van der Waals surface area contributed by atoms with E-state index in [4.69, 9.17) is 0 Å². The predicted octanol–water partition coefficient (Wildman–Crippen LogP) is 2.28. The summed E-state index contributed by atoms with van der Waals surface area (Å²) in [7, 11) is 1.50. The van der Waals surface area contributed by atoms with Crippen LogP contribution in [0.4, 0.5) is 13.2 Å². The molecule has 0 N–H and O–H groups in total. The molecule has 0 saturated heterocycles. The molecular formula is C9H11F3N2S. The van der Waals surface area contributed by atoms with Crippen LogP contribution in [0, 0.1) is 0 Å². The lowest BCUT2D eigenvalue weighted by Gasteiger charge is -2.36. The van der Waals surface area contributed by atoms with E-state index in [0.29, 0.717) is 18.7 Å². The SMILES string of the molecule is CN1CCC2=C(N=CSC2)C1C(F)(F)F. The van der Waals surface area contributed by atoms with Crippen LogP contribution in [-0.2, 0) is 0 Å². The van der Waals surface area contributed by atoms with Gasteiger partial charge in [0, 0.05) is 12.3 Å². The lowest BCUT2D eigenvalue weighted by Crippen LogP contribution is -2.48. The molecule has 15 heavy (non-hydrogen) atoms. The molecular weight excluding hydrogens is 225 g/mol. The van der Waals surface area contributed by atoms with E-state index in [1.54, 1.807) is 0 Å². The number of alkyl halides is 3. The molecule has 2 aliphatic heterocycles. The van der Waals surface area contributed by atoms with Gasteiger partial charge in [-0.2, -0.15) is 13.2 Å². The van der Waals surface area contributed by atoms with Crippen LogP contribution in [0.2, 0.25) is 0 Å². The summed E-state index contributed by atoms with van der Waals surface area (Å²) >= 11 is 1.46. The molecule has 2 aliphatic rings. The first-order valence-corrected chi connectivity index (χ1v) is 5.68. The Hall–Kier alpha value is -0.490. The van der Waals surface area contributed by atoms with Crippen LogP contribution >= 0.6 is 11.8 Å². The van der Waals surface area contributed by atoms with Crippen LogP contribution in [0.1, 0.15) is 6.42 Å². The first kappa shape index (κ1) is 11.0. The van der Waals surface area contributed by atoms with Crippen molar-refractivity contribution in [1.29, 1.82) is 0 Å². The van der Waals surface area contributed by atoms with Crippen LogP contribution in [-0.4, -0.2) is 42.0 Å². The molecule has 0 aromatic heterocycles. The highest BCUT2D eigenvalue weighted by Gasteiger charge is 2.47. The summed E-state index contributed by atoms with van der Waals surface area (Å²) in [5, 5.41) is 0. The van der Waals surface area contributed by atoms with E-state index in [9.17, 15) is 13.2 Å². The molecule has 0 fully saturated rings. The Morgan fingerprint density at radius 1 is 1.53 bits per heavy atom. The van der Waals surface area contributed by atoms with Crippen LogP contribution in [0.5, 0.6) is 0 Å². The minimum Gasteiger partial charge on any atom is -0.290 e. The average Bonchev–Trinajstić information content (AvgIpc) is 2.15. The van der Waals surface area contributed by atoms with E-state index in [0.717, 1.165) is 5.57 Å². The van der Waals surface area contributed by atoms with E-state index in [1.165, 1.54) is 29.3 Å². The van der Waals surface area contributed by atoms with E-state index in [-0.39, 0.29) is 5.70 Å². The molecule has 0 aromatic rings. The lowest BCUT2D eigenvalue weighted by atomic mass is 9.99. The van der Waals surface area contributed by atoms with Crippen LogP contribution in [0.25, 0.3) is 0 Å². The van der Waals surface area contributed by atoms with Crippen molar-refractivity contribution < 1.29 is 13.2 Å². The second-order valence-corrected chi connectivity index (χ2v) is 4.54. The Bertz CT molecular complexity index is 322. The van der Waals surface area contributed by atoms with Gasteiger partial charge in [0.25, 0.3) is 0 Å². The Morgan fingerprint density at radius 3 is 2.93 bits per heavy atom. The Morgan fingerprint density at radius 2 is 2.27 bits per heavy atom. The number of likely N-dealkylation sites (N-methyl/N-ethyl adjacent to an activating group) is 1. The van der Waals surface area contributed by atoms with Gasteiger partial charge in [-0.1, -0.05) is 0 Å². The fourth-order valence-corrected chi connectivity index (χ4v) is 2.67. The third kappa shape index (κ3) is 2.06. The zero-order valence-electron chi connectivity index (χ0n) is 8.21. The van der Waals surface area contributed by atoms with Crippen molar-refractivity contribution >= 4 is 17.3 Å². The van der Waals surface area contributed by atoms with Crippen molar-refractivity contribution in [3.63, 3.8) is 0 Å². The van der Waals surface area contributed by atoms with Gasteiger partial charge in [-0.25, -0.2) is 0 Å². The number of thioether (sulfide) groups is 1. The highest BCUT2D eigenvalue weighted by molar-refractivity contribution is 8.12. The normalized spacial score (nSPS) is 28.1. The topological polar surface area (TPSA) is 15.6 Å². The van der Waals surface area contributed by atoms with Crippen LogP contribution < -0.4 is 0 Å². The number of halogens is 3. The average molecular weight is 236 g/mol. The molecule has 0 saturated carbocycles. The van der Waals surface area contributed by atoms with Gasteiger partial charge in [0.05, 0.1) is 11.2 Å². The standard InChI is InChI=1S/C9H11F3N2S/c1-14-3-2-6-4-15-5-13-7(6)8(14)9(10,11)12/h5,8H,2-4H2,1H3. The van der Waals surface area contributed by atoms with Crippen molar-refractivity contribution in [3.8, 4) is 0 Å². The summed E-state index contributed by atoms with van der Waals surface area (Å²) in [5.74, 6) is 0.652. The number of hydrogen-bond acceptors (Lipinski definition) is 3. The quantitative estimate of drug-likeness (QED) is 0.641.